The van der Waals surface area contributed by atoms with Crippen LogP contribution in [0.15, 0.2) is 12.2 Å². The molecule has 0 aromatic carbocycles. The lowest BCUT2D eigenvalue weighted by Crippen LogP contribution is -2.49. The molecule has 12 unspecified atom stereocenters. The summed E-state index contributed by atoms with van der Waals surface area (Å²) >= 11 is 0. The van der Waals surface area contributed by atoms with Crippen LogP contribution in [0.1, 0.15) is 19.8 Å². The van der Waals surface area contributed by atoms with Gasteiger partial charge in [-0.2, -0.15) is 0 Å². The molecular weight excluding hydrogens is 236 g/mol. The summed E-state index contributed by atoms with van der Waals surface area (Å²) in [7, 11) is 0. The van der Waals surface area contributed by atoms with E-state index in [0.717, 1.165) is 35.5 Å². The second kappa shape index (κ2) is 2.96. The topological polar surface area (TPSA) is 29.5 Å². The van der Waals surface area contributed by atoms with Crippen molar-refractivity contribution in [3.05, 3.63) is 12.2 Å². The lowest BCUT2D eigenvalue weighted by atomic mass is 9.59. The summed E-state index contributed by atoms with van der Waals surface area (Å²) in [5, 5.41) is 10.5. The fraction of sp³-hybridized carbons (Fsp3) is 0.882. The zero-order chi connectivity index (χ0) is 12.5. The molecule has 0 aromatic rings. The summed E-state index contributed by atoms with van der Waals surface area (Å²) in [4.78, 5) is 0. The number of hydrogen-bond acceptors (Lipinski definition) is 2. The summed E-state index contributed by atoms with van der Waals surface area (Å²) in [6, 6.07) is 0. The van der Waals surface area contributed by atoms with Crippen LogP contribution in [0.5, 0.6) is 0 Å². The molecule has 19 heavy (non-hydrogen) atoms. The number of rotatable bonds is 0. The molecule has 2 heterocycles. The molecule has 2 heteroatoms. The molecule has 0 spiro atoms. The minimum absolute atomic E-state index is 0.0400. The molecule has 6 aliphatic rings. The van der Waals surface area contributed by atoms with E-state index in [1.54, 1.807) is 0 Å². The third-order valence-electron chi connectivity index (χ3n) is 8.05. The standard InChI is InChI=1S/C17H22O2/c1-6-9-5-10(15(6)18)14-13(9)16-11-7-2-3-8(4-7)12(11)17(14)19-16/h2-3,6-18H,4-5H2,1H3. The molecule has 2 aliphatic heterocycles. The van der Waals surface area contributed by atoms with E-state index in [2.05, 4.69) is 19.1 Å². The van der Waals surface area contributed by atoms with Gasteiger partial charge in [-0.3, -0.25) is 0 Å². The molecule has 0 aromatic heterocycles. The van der Waals surface area contributed by atoms with Crippen molar-refractivity contribution in [2.75, 3.05) is 0 Å². The van der Waals surface area contributed by atoms with Gasteiger partial charge >= 0.3 is 0 Å². The van der Waals surface area contributed by atoms with Gasteiger partial charge in [0.15, 0.2) is 0 Å². The number of allylic oxidation sites excluding steroid dienone is 2. The fourth-order valence-corrected chi connectivity index (χ4v) is 7.58. The molecule has 0 amide bonds. The number of fused-ring (bicyclic) bond motifs is 16. The Labute approximate surface area is 114 Å². The van der Waals surface area contributed by atoms with Crippen LogP contribution in [-0.4, -0.2) is 23.4 Å². The van der Waals surface area contributed by atoms with Crippen LogP contribution in [0.25, 0.3) is 0 Å². The first kappa shape index (κ1) is 10.4. The summed E-state index contributed by atoms with van der Waals surface area (Å²) in [6.07, 6.45) is 8.64. The van der Waals surface area contributed by atoms with Crippen molar-refractivity contribution in [1.29, 1.82) is 0 Å². The zero-order valence-corrected chi connectivity index (χ0v) is 11.4. The predicted molar refractivity (Wildman–Crippen MR) is 70.1 cm³/mol. The van der Waals surface area contributed by atoms with E-state index in [9.17, 15) is 5.11 Å². The van der Waals surface area contributed by atoms with E-state index in [-0.39, 0.29) is 6.10 Å². The smallest absolute Gasteiger partial charge is 0.0652 e. The van der Waals surface area contributed by atoms with Crippen LogP contribution < -0.4 is 0 Å². The van der Waals surface area contributed by atoms with Crippen LogP contribution in [0.3, 0.4) is 0 Å². The van der Waals surface area contributed by atoms with E-state index in [1.807, 2.05) is 0 Å². The Balaban J connectivity index is 1.45. The van der Waals surface area contributed by atoms with E-state index >= 15 is 0 Å². The SMILES string of the molecule is CC1C(O)C2CC1C1C3OC(C4C5C=CC(C5)C34)C21. The average Bonchev–Trinajstić information content (AvgIpc) is 3.15. The molecule has 2 saturated heterocycles. The van der Waals surface area contributed by atoms with Crippen molar-refractivity contribution in [1.82, 2.24) is 0 Å². The molecule has 4 aliphatic carbocycles. The van der Waals surface area contributed by atoms with Gasteiger partial charge < -0.3 is 9.84 Å². The Hall–Kier alpha value is -0.340. The maximum absolute atomic E-state index is 10.5. The first-order chi connectivity index (χ1) is 9.25. The second-order valence-electron chi connectivity index (χ2n) is 8.24. The average molecular weight is 258 g/mol. The Bertz CT molecular complexity index is 446. The first-order valence-corrected chi connectivity index (χ1v) is 8.27. The van der Waals surface area contributed by atoms with Gasteiger partial charge in [0.1, 0.15) is 0 Å². The zero-order valence-electron chi connectivity index (χ0n) is 11.4. The molecule has 6 bridgehead atoms. The number of hydrogen-bond donors (Lipinski definition) is 1. The largest absolute Gasteiger partial charge is 0.393 e. The van der Waals surface area contributed by atoms with Gasteiger partial charge in [-0.15, -0.1) is 0 Å². The maximum atomic E-state index is 10.5. The Morgan fingerprint density at radius 1 is 0.895 bits per heavy atom. The lowest BCUT2D eigenvalue weighted by molar-refractivity contribution is -0.0150. The summed E-state index contributed by atoms with van der Waals surface area (Å²) in [6.45, 7) is 2.27. The molecule has 12 atom stereocenters. The molecule has 3 saturated carbocycles. The van der Waals surface area contributed by atoms with Crippen LogP contribution in [0, 0.1) is 53.3 Å². The highest BCUT2D eigenvalue weighted by molar-refractivity contribution is 5.26. The summed E-state index contributed by atoms with van der Waals surface area (Å²) < 4.78 is 6.51. The molecule has 0 radical (unpaired) electrons. The van der Waals surface area contributed by atoms with Gasteiger partial charge in [0.05, 0.1) is 18.3 Å². The fourth-order valence-electron chi connectivity index (χ4n) is 7.58. The van der Waals surface area contributed by atoms with Crippen molar-refractivity contribution in [2.24, 2.45) is 53.3 Å². The van der Waals surface area contributed by atoms with Gasteiger partial charge in [0.25, 0.3) is 0 Å². The molecule has 1 N–H and O–H groups in total. The van der Waals surface area contributed by atoms with Gasteiger partial charge in [-0.1, -0.05) is 19.1 Å². The van der Waals surface area contributed by atoms with E-state index in [0.29, 0.717) is 30.0 Å². The number of aliphatic hydroxyl groups excluding tert-OH is 1. The highest BCUT2D eigenvalue weighted by atomic mass is 16.5. The van der Waals surface area contributed by atoms with Crippen LogP contribution in [0.4, 0.5) is 0 Å². The van der Waals surface area contributed by atoms with Crippen molar-refractivity contribution in [2.45, 2.75) is 38.1 Å². The Morgan fingerprint density at radius 2 is 1.53 bits per heavy atom. The number of ether oxygens (including phenoxy) is 1. The summed E-state index contributed by atoms with van der Waals surface area (Å²) in [5.41, 5.74) is 0. The lowest BCUT2D eigenvalue weighted by Gasteiger charge is -2.44. The molecule has 102 valence electrons. The maximum Gasteiger partial charge on any atom is 0.0652 e. The van der Waals surface area contributed by atoms with Crippen LogP contribution in [-0.2, 0) is 4.74 Å². The monoisotopic (exact) mass is 258 g/mol. The van der Waals surface area contributed by atoms with Crippen molar-refractivity contribution in [3.8, 4) is 0 Å². The van der Waals surface area contributed by atoms with Crippen LogP contribution in [0.2, 0.25) is 0 Å². The van der Waals surface area contributed by atoms with Crippen molar-refractivity contribution in [3.63, 3.8) is 0 Å². The normalized spacial score (nSPS) is 74.0. The summed E-state index contributed by atoms with van der Waals surface area (Å²) in [5.74, 6) is 6.60. The first-order valence-electron chi connectivity index (χ1n) is 8.27. The highest BCUT2D eigenvalue weighted by Crippen LogP contribution is 2.71. The minimum atomic E-state index is -0.0400. The van der Waals surface area contributed by atoms with Gasteiger partial charge in [0, 0.05) is 0 Å². The van der Waals surface area contributed by atoms with Crippen molar-refractivity contribution >= 4 is 0 Å². The van der Waals surface area contributed by atoms with Gasteiger partial charge in [-0.05, 0) is 66.1 Å². The quantitative estimate of drug-likeness (QED) is 0.674. The molecule has 2 nitrogen and oxygen atoms in total. The van der Waals surface area contributed by atoms with Gasteiger partial charge in [-0.25, -0.2) is 0 Å². The third-order valence-corrected chi connectivity index (χ3v) is 8.05. The van der Waals surface area contributed by atoms with E-state index in [1.165, 1.54) is 12.8 Å². The van der Waals surface area contributed by atoms with E-state index < -0.39 is 0 Å². The van der Waals surface area contributed by atoms with Crippen LogP contribution >= 0.6 is 0 Å². The Kier molecular flexibility index (Phi) is 1.62. The Morgan fingerprint density at radius 3 is 2.21 bits per heavy atom. The van der Waals surface area contributed by atoms with Gasteiger partial charge in [0.2, 0.25) is 0 Å². The molecular formula is C17H22O2. The molecule has 6 rings (SSSR count). The third kappa shape index (κ3) is 0.919. The molecule has 5 fully saturated rings. The minimum Gasteiger partial charge on any atom is -0.393 e. The number of aliphatic hydroxyl groups is 1. The highest BCUT2D eigenvalue weighted by Gasteiger charge is 2.73. The van der Waals surface area contributed by atoms with Crippen molar-refractivity contribution < 1.29 is 9.84 Å². The second-order valence-corrected chi connectivity index (χ2v) is 8.24. The predicted octanol–water partition coefficient (Wildman–Crippen LogP) is 2.08. The van der Waals surface area contributed by atoms with E-state index in [4.69, 9.17) is 4.74 Å².